The number of hydrogen-bond acceptors (Lipinski definition) is 2. The number of para-hydroxylation sites is 1. The van der Waals surface area contributed by atoms with Gasteiger partial charge in [-0.2, -0.15) is 0 Å². The van der Waals surface area contributed by atoms with Gasteiger partial charge in [0.1, 0.15) is 0 Å². The second-order valence-electron chi connectivity index (χ2n) is 3.36. The maximum absolute atomic E-state index is 2.50. The van der Waals surface area contributed by atoms with E-state index in [1.807, 2.05) is 11.8 Å². The van der Waals surface area contributed by atoms with Crippen LogP contribution < -0.4 is 4.90 Å². The predicted octanol–water partition coefficient (Wildman–Crippen LogP) is 2.98. The highest BCUT2D eigenvalue weighted by molar-refractivity contribution is 7.99. The highest BCUT2D eigenvalue weighted by Crippen LogP contribution is 2.30. The van der Waals surface area contributed by atoms with Crippen molar-refractivity contribution < 1.29 is 0 Å². The third-order valence-electron chi connectivity index (χ3n) is 2.56. The number of nitrogens with zero attached hydrogens (tertiary/aromatic N) is 1. The van der Waals surface area contributed by atoms with Crippen molar-refractivity contribution >= 4 is 17.4 Å². The Hall–Kier alpha value is -0.630. The fraction of sp³-hybridized carbons (Fsp3) is 0.455. The summed E-state index contributed by atoms with van der Waals surface area (Å²) in [7, 11) is 0. The zero-order valence-electron chi connectivity index (χ0n) is 7.94. The van der Waals surface area contributed by atoms with Gasteiger partial charge in [-0.05, 0) is 31.2 Å². The molecule has 1 atom stereocenters. The summed E-state index contributed by atoms with van der Waals surface area (Å²) >= 11 is 1.96. The van der Waals surface area contributed by atoms with E-state index in [0.717, 1.165) is 0 Å². The Kier molecular flexibility index (Phi) is 2.79. The molecule has 1 unspecified atom stereocenters. The van der Waals surface area contributed by atoms with Crippen molar-refractivity contribution in [2.75, 3.05) is 17.7 Å². The third-order valence-corrected chi connectivity index (χ3v) is 3.59. The summed E-state index contributed by atoms with van der Waals surface area (Å²) in [6.45, 7) is 1.22. The fourth-order valence-corrected chi connectivity index (χ4v) is 2.78. The predicted molar refractivity (Wildman–Crippen MR) is 60.3 cm³/mol. The van der Waals surface area contributed by atoms with Gasteiger partial charge in [0.05, 0.1) is 5.37 Å². The van der Waals surface area contributed by atoms with E-state index in [-0.39, 0.29) is 0 Å². The molecule has 0 spiro atoms. The van der Waals surface area contributed by atoms with Gasteiger partial charge in [0, 0.05) is 12.2 Å². The minimum absolute atomic E-state index is 0.697. The summed E-state index contributed by atoms with van der Waals surface area (Å²) in [6.07, 6.45) is 4.86. The second-order valence-corrected chi connectivity index (χ2v) is 4.38. The van der Waals surface area contributed by atoms with E-state index < -0.39 is 0 Å². The van der Waals surface area contributed by atoms with Gasteiger partial charge in [0.2, 0.25) is 0 Å². The molecule has 1 aliphatic heterocycles. The molecule has 1 fully saturated rings. The van der Waals surface area contributed by atoms with Crippen LogP contribution in [-0.4, -0.2) is 18.2 Å². The third kappa shape index (κ3) is 1.83. The molecule has 2 rings (SSSR count). The molecule has 1 aliphatic rings. The van der Waals surface area contributed by atoms with Crippen molar-refractivity contribution in [3.8, 4) is 0 Å². The number of anilines is 1. The summed E-state index contributed by atoms with van der Waals surface area (Å²) in [5.74, 6) is 0. The van der Waals surface area contributed by atoms with Crippen molar-refractivity contribution in [2.24, 2.45) is 0 Å². The second kappa shape index (κ2) is 4.05. The zero-order valence-corrected chi connectivity index (χ0v) is 8.76. The van der Waals surface area contributed by atoms with Gasteiger partial charge >= 0.3 is 0 Å². The lowest BCUT2D eigenvalue weighted by atomic mass is 10.3. The van der Waals surface area contributed by atoms with E-state index in [2.05, 4.69) is 41.5 Å². The van der Waals surface area contributed by atoms with Crippen LogP contribution in [0.4, 0.5) is 5.69 Å². The van der Waals surface area contributed by atoms with Crippen molar-refractivity contribution in [1.29, 1.82) is 0 Å². The first-order valence-corrected chi connectivity index (χ1v) is 6.05. The molecule has 0 amide bonds. The maximum atomic E-state index is 2.50. The first kappa shape index (κ1) is 8.95. The Morgan fingerprint density at radius 2 is 2.08 bits per heavy atom. The fourth-order valence-electron chi connectivity index (χ4n) is 1.90. The van der Waals surface area contributed by atoms with Gasteiger partial charge in [0.25, 0.3) is 0 Å². The topological polar surface area (TPSA) is 3.24 Å². The van der Waals surface area contributed by atoms with E-state index in [4.69, 9.17) is 0 Å². The highest BCUT2D eigenvalue weighted by Gasteiger charge is 2.22. The van der Waals surface area contributed by atoms with E-state index in [9.17, 15) is 0 Å². The van der Waals surface area contributed by atoms with Crippen molar-refractivity contribution in [3.63, 3.8) is 0 Å². The Morgan fingerprint density at radius 1 is 1.31 bits per heavy atom. The van der Waals surface area contributed by atoms with Gasteiger partial charge in [-0.15, -0.1) is 11.8 Å². The molecule has 0 saturated carbocycles. The molecule has 13 heavy (non-hydrogen) atoms. The lowest BCUT2D eigenvalue weighted by Gasteiger charge is -2.25. The van der Waals surface area contributed by atoms with E-state index >= 15 is 0 Å². The number of thioether (sulfide) groups is 1. The van der Waals surface area contributed by atoms with Crippen LogP contribution in [0, 0.1) is 0 Å². The summed E-state index contributed by atoms with van der Waals surface area (Å²) in [5, 5.41) is 0.697. The average Bonchev–Trinajstić information content (AvgIpc) is 2.67. The molecular weight excluding hydrogens is 178 g/mol. The standard InChI is InChI=1S/C11H15NS/c1-13-11-8-5-9-12(11)10-6-3-2-4-7-10/h2-4,6-7,11H,5,8-9H2,1H3. The molecule has 0 N–H and O–H groups in total. The van der Waals surface area contributed by atoms with Crippen LogP contribution in [0.2, 0.25) is 0 Å². The molecule has 0 aromatic heterocycles. The molecule has 0 bridgehead atoms. The first-order chi connectivity index (χ1) is 6.42. The van der Waals surface area contributed by atoms with Gasteiger partial charge in [-0.25, -0.2) is 0 Å². The minimum atomic E-state index is 0.697. The molecule has 0 aliphatic carbocycles. The Morgan fingerprint density at radius 3 is 2.77 bits per heavy atom. The minimum Gasteiger partial charge on any atom is -0.360 e. The van der Waals surface area contributed by atoms with E-state index in [1.54, 1.807) is 0 Å². The smallest absolute Gasteiger partial charge is 0.0748 e. The molecular formula is C11H15NS. The van der Waals surface area contributed by atoms with Crippen LogP contribution in [0.5, 0.6) is 0 Å². The highest BCUT2D eigenvalue weighted by atomic mass is 32.2. The molecule has 70 valence electrons. The normalized spacial score (nSPS) is 22.2. The van der Waals surface area contributed by atoms with Gasteiger partial charge in [-0.3, -0.25) is 0 Å². The molecule has 1 heterocycles. The quantitative estimate of drug-likeness (QED) is 0.710. The largest absolute Gasteiger partial charge is 0.360 e. The maximum Gasteiger partial charge on any atom is 0.0748 e. The molecule has 1 aromatic rings. The molecule has 1 saturated heterocycles. The molecule has 0 radical (unpaired) electrons. The van der Waals surface area contributed by atoms with Crippen LogP contribution in [0.15, 0.2) is 30.3 Å². The number of hydrogen-bond donors (Lipinski definition) is 0. The van der Waals surface area contributed by atoms with Crippen LogP contribution >= 0.6 is 11.8 Å². The van der Waals surface area contributed by atoms with E-state index in [0.29, 0.717) is 5.37 Å². The van der Waals surface area contributed by atoms with Crippen molar-refractivity contribution in [1.82, 2.24) is 0 Å². The molecule has 1 nitrogen and oxygen atoms in total. The summed E-state index contributed by atoms with van der Waals surface area (Å²) in [4.78, 5) is 2.50. The van der Waals surface area contributed by atoms with Crippen molar-refractivity contribution in [2.45, 2.75) is 18.2 Å². The SMILES string of the molecule is CSC1CCCN1c1ccccc1. The number of rotatable bonds is 2. The monoisotopic (exact) mass is 193 g/mol. The zero-order chi connectivity index (χ0) is 9.10. The Labute approximate surface area is 84.1 Å². The van der Waals surface area contributed by atoms with Crippen LogP contribution in [-0.2, 0) is 0 Å². The Balaban J connectivity index is 2.16. The van der Waals surface area contributed by atoms with Crippen LogP contribution in [0.3, 0.4) is 0 Å². The van der Waals surface area contributed by atoms with Gasteiger partial charge in [0.15, 0.2) is 0 Å². The van der Waals surface area contributed by atoms with E-state index in [1.165, 1.54) is 25.1 Å². The summed E-state index contributed by atoms with van der Waals surface area (Å²) < 4.78 is 0. The Bertz CT molecular complexity index is 260. The average molecular weight is 193 g/mol. The lowest BCUT2D eigenvalue weighted by molar-refractivity contribution is 0.897. The van der Waals surface area contributed by atoms with Crippen molar-refractivity contribution in [3.05, 3.63) is 30.3 Å². The summed E-state index contributed by atoms with van der Waals surface area (Å²) in [6, 6.07) is 10.7. The van der Waals surface area contributed by atoms with Crippen LogP contribution in [0.1, 0.15) is 12.8 Å². The molecule has 2 heteroatoms. The van der Waals surface area contributed by atoms with Crippen LogP contribution in [0.25, 0.3) is 0 Å². The van der Waals surface area contributed by atoms with Gasteiger partial charge in [-0.1, -0.05) is 18.2 Å². The first-order valence-electron chi connectivity index (χ1n) is 4.76. The summed E-state index contributed by atoms with van der Waals surface area (Å²) in [5.41, 5.74) is 1.37. The molecule has 1 aromatic carbocycles. The number of benzene rings is 1. The lowest BCUT2D eigenvalue weighted by Crippen LogP contribution is -2.25. The van der Waals surface area contributed by atoms with Gasteiger partial charge < -0.3 is 4.90 Å².